The molecular formula is C27H31FN6O. The number of benzene rings is 1. The fourth-order valence-electron chi connectivity index (χ4n) is 4.86. The van der Waals surface area contributed by atoms with Gasteiger partial charge in [0.1, 0.15) is 17.5 Å². The second-order valence-corrected chi connectivity index (χ2v) is 9.53. The minimum absolute atomic E-state index is 0.0950. The van der Waals surface area contributed by atoms with Gasteiger partial charge in [0.15, 0.2) is 11.6 Å². The molecule has 3 heterocycles. The summed E-state index contributed by atoms with van der Waals surface area (Å²) >= 11 is 0. The number of aromatic nitrogens is 2. The molecule has 0 saturated carbocycles. The molecule has 2 atom stereocenters. The molecule has 2 aliphatic heterocycles. The molecule has 0 unspecified atom stereocenters. The number of hydrogen-bond acceptors (Lipinski definition) is 7. The van der Waals surface area contributed by atoms with Crippen LogP contribution in [-0.2, 0) is 6.42 Å². The van der Waals surface area contributed by atoms with Crippen LogP contribution in [0.1, 0.15) is 38.8 Å². The highest BCUT2D eigenvalue weighted by Crippen LogP contribution is 2.34. The van der Waals surface area contributed by atoms with E-state index < -0.39 is 0 Å². The standard InChI is InChI=1S/C27H31FN6O/c1-5-6-19-11-23(29-13-19)31-24-12-25(34-14-17(3)30-18(4)15-34)33-27(32-24)35-22-8-7-20-9-16(2)10-21(20)26(22)28/h5-8,10-12,17-18,30H,9,13-15H2,1-4H3,(H,29,31,32,33)/b6-5+/t17-,18+. The van der Waals surface area contributed by atoms with Crippen LogP contribution in [0.3, 0.4) is 0 Å². The van der Waals surface area contributed by atoms with Crippen LogP contribution in [0.15, 0.2) is 52.6 Å². The molecule has 1 fully saturated rings. The normalized spacial score (nSPS) is 21.6. The van der Waals surface area contributed by atoms with Crippen molar-refractivity contribution in [2.24, 2.45) is 4.99 Å². The van der Waals surface area contributed by atoms with Gasteiger partial charge >= 0.3 is 6.01 Å². The molecule has 35 heavy (non-hydrogen) atoms. The van der Waals surface area contributed by atoms with E-state index in [1.807, 2.05) is 50.3 Å². The molecule has 2 N–H and O–H groups in total. The van der Waals surface area contributed by atoms with Crippen molar-refractivity contribution in [1.29, 1.82) is 0 Å². The smallest absolute Gasteiger partial charge is 0.326 e. The molecule has 3 aliphatic rings. The summed E-state index contributed by atoms with van der Waals surface area (Å²) in [5.74, 6) is 1.74. The van der Waals surface area contributed by atoms with Crippen molar-refractivity contribution in [1.82, 2.24) is 15.3 Å². The average Bonchev–Trinajstić information content (AvgIpc) is 3.41. The Morgan fingerprint density at radius 1 is 1.17 bits per heavy atom. The Morgan fingerprint density at radius 3 is 2.74 bits per heavy atom. The predicted octanol–water partition coefficient (Wildman–Crippen LogP) is 4.88. The SMILES string of the molecule is C/C=C/C1=CC(Nc2cc(N3C[C@@H](C)N[C@@H](C)C3)nc(Oc3ccc4c(c3F)C=C(C)C4)n2)=NC1. The van der Waals surface area contributed by atoms with Crippen molar-refractivity contribution in [2.45, 2.75) is 46.2 Å². The number of aliphatic imine (C=N–C) groups is 1. The van der Waals surface area contributed by atoms with E-state index in [2.05, 4.69) is 44.3 Å². The van der Waals surface area contributed by atoms with Crippen molar-refractivity contribution >= 4 is 23.5 Å². The van der Waals surface area contributed by atoms with Crippen molar-refractivity contribution in [3.05, 3.63) is 64.5 Å². The lowest BCUT2D eigenvalue weighted by Gasteiger charge is -2.37. The van der Waals surface area contributed by atoms with E-state index in [1.165, 1.54) is 0 Å². The Labute approximate surface area is 205 Å². The summed E-state index contributed by atoms with van der Waals surface area (Å²) in [4.78, 5) is 16.0. The monoisotopic (exact) mass is 474 g/mol. The maximum atomic E-state index is 15.2. The zero-order valence-electron chi connectivity index (χ0n) is 20.6. The van der Waals surface area contributed by atoms with Gasteiger partial charge in [-0.25, -0.2) is 4.39 Å². The zero-order valence-corrected chi connectivity index (χ0v) is 20.6. The molecule has 182 valence electrons. The molecule has 2 aromatic rings. The third-order valence-electron chi connectivity index (χ3n) is 6.26. The summed E-state index contributed by atoms with van der Waals surface area (Å²) in [7, 11) is 0. The minimum Gasteiger partial charge on any atom is -0.421 e. The predicted molar refractivity (Wildman–Crippen MR) is 139 cm³/mol. The van der Waals surface area contributed by atoms with E-state index in [-0.39, 0.29) is 17.6 Å². The molecule has 7 nitrogen and oxygen atoms in total. The summed E-state index contributed by atoms with van der Waals surface area (Å²) in [6.07, 6.45) is 8.66. The molecule has 1 aromatic heterocycles. The van der Waals surface area contributed by atoms with E-state index in [4.69, 9.17) is 4.74 Å². The van der Waals surface area contributed by atoms with E-state index in [0.717, 1.165) is 47.9 Å². The van der Waals surface area contributed by atoms with Gasteiger partial charge in [-0.1, -0.05) is 29.9 Å². The summed E-state index contributed by atoms with van der Waals surface area (Å²) in [5.41, 5.74) is 3.80. The van der Waals surface area contributed by atoms with Gasteiger partial charge in [0, 0.05) is 36.8 Å². The van der Waals surface area contributed by atoms with Gasteiger partial charge in [-0.3, -0.25) is 4.99 Å². The topological polar surface area (TPSA) is 74.7 Å². The average molecular weight is 475 g/mol. The number of halogens is 1. The number of amidine groups is 1. The molecule has 5 rings (SSSR count). The van der Waals surface area contributed by atoms with Crippen molar-refractivity contribution < 1.29 is 9.13 Å². The van der Waals surface area contributed by atoms with Crippen molar-refractivity contribution in [3.63, 3.8) is 0 Å². The highest BCUT2D eigenvalue weighted by Gasteiger charge is 2.24. The van der Waals surface area contributed by atoms with Crippen LogP contribution in [0.25, 0.3) is 6.08 Å². The van der Waals surface area contributed by atoms with E-state index in [0.29, 0.717) is 30.0 Å². The first kappa shape index (κ1) is 23.2. The Hall–Kier alpha value is -3.52. The first-order valence-electron chi connectivity index (χ1n) is 12.1. The third kappa shape index (κ3) is 5.12. The van der Waals surface area contributed by atoms with Crippen LogP contribution in [0, 0.1) is 5.82 Å². The van der Waals surface area contributed by atoms with Gasteiger partial charge in [0.2, 0.25) is 0 Å². The van der Waals surface area contributed by atoms with Crippen molar-refractivity contribution in [3.8, 4) is 11.8 Å². The summed E-state index contributed by atoms with van der Waals surface area (Å²) in [6, 6.07) is 6.18. The first-order valence-corrected chi connectivity index (χ1v) is 12.1. The third-order valence-corrected chi connectivity index (χ3v) is 6.26. The number of hydrogen-bond donors (Lipinski definition) is 2. The molecule has 1 aliphatic carbocycles. The van der Waals surface area contributed by atoms with Gasteiger partial charge in [-0.2, -0.15) is 9.97 Å². The maximum Gasteiger partial charge on any atom is 0.326 e. The molecule has 1 aromatic carbocycles. The highest BCUT2D eigenvalue weighted by molar-refractivity contribution is 6.05. The number of ether oxygens (including phenoxy) is 1. The van der Waals surface area contributed by atoms with Crippen molar-refractivity contribution in [2.75, 3.05) is 29.9 Å². The maximum absolute atomic E-state index is 15.2. The second-order valence-electron chi connectivity index (χ2n) is 9.53. The van der Waals surface area contributed by atoms with Crippen LogP contribution in [0.2, 0.25) is 0 Å². The zero-order chi connectivity index (χ0) is 24.5. The largest absolute Gasteiger partial charge is 0.421 e. The number of nitrogens with one attached hydrogen (secondary N) is 2. The highest BCUT2D eigenvalue weighted by atomic mass is 19.1. The fraction of sp³-hybridized carbons (Fsp3) is 0.370. The lowest BCUT2D eigenvalue weighted by Crippen LogP contribution is -2.54. The molecule has 0 bridgehead atoms. The van der Waals surface area contributed by atoms with Gasteiger partial charge in [-0.15, -0.1) is 0 Å². The lowest BCUT2D eigenvalue weighted by atomic mass is 10.1. The second kappa shape index (κ2) is 9.62. The van der Waals surface area contributed by atoms with Crippen LogP contribution in [0.5, 0.6) is 11.8 Å². The number of rotatable bonds is 5. The van der Waals surface area contributed by atoms with E-state index >= 15 is 4.39 Å². The first-order chi connectivity index (χ1) is 16.9. The van der Waals surface area contributed by atoms with Crippen LogP contribution in [0.4, 0.5) is 16.0 Å². The Bertz CT molecular complexity index is 1250. The van der Waals surface area contributed by atoms with Crippen LogP contribution < -0.4 is 20.3 Å². The number of anilines is 2. The van der Waals surface area contributed by atoms with Gasteiger partial charge in [0.25, 0.3) is 0 Å². The molecular weight excluding hydrogens is 443 g/mol. The van der Waals surface area contributed by atoms with E-state index in [9.17, 15) is 0 Å². The Kier molecular flexibility index (Phi) is 6.38. The summed E-state index contributed by atoms with van der Waals surface area (Å²) in [5, 5.41) is 6.82. The van der Waals surface area contributed by atoms with Crippen LogP contribution in [-0.4, -0.2) is 47.5 Å². The molecule has 8 heteroatoms. The minimum atomic E-state index is -0.383. The summed E-state index contributed by atoms with van der Waals surface area (Å²) < 4.78 is 21.2. The Morgan fingerprint density at radius 2 is 1.97 bits per heavy atom. The molecule has 0 radical (unpaired) electrons. The fourth-order valence-corrected chi connectivity index (χ4v) is 4.86. The van der Waals surface area contributed by atoms with Gasteiger partial charge in [0.05, 0.1) is 6.54 Å². The molecule has 0 spiro atoms. The van der Waals surface area contributed by atoms with Gasteiger partial charge in [-0.05, 0) is 57.4 Å². The van der Waals surface area contributed by atoms with Crippen LogP contribution >= 0.6 is 0 Å². The number of fused-ring (bicyclic) bond motifs is 1. The number of nitrogens with zero attached hydrogens (tertiary/aromatic N) is 4. The number of piperazine rings is 1. The summed E-state index contributed by atoms with van der Waals surface area (Å²) in [6.45, 7) is 10.5. The quantitative estimate of drug-likeness (QED) is 0.643. The number of allylic oxidation sites excluding steroid dienone is 2. The van der Waals surface area contributed by atoms with Gasteiger partial charge < -0.3 is 20.3 Å². The lowest BCUT2D eigenvalue weighted by molar-refractivity contribution is 0.396. The Balaban J connectivity index is 1.47. The van der Waals surface area contributed by atoms with E-state index in [1.54, 1.807) is 6.07 Å². The molecule has 0 amide bonds. The molecule has 1 saturated heterocycles.